The van der Waals surface area contributed by atoms with E-state index in [-0.39, 0.29) is 0 Å². The van der Waals surface area contributed by atoms with Crippen molar-refractivity contribution in [3.63, 3.8) is 0 Å². The van der Waals surface area contributed by atoms with Gasteiger partial charge in [0, 0.05) is 38.4 Å². The number of hydrogen-bond acceptors (Lipinski definition) is 4. The number of nitrogens with one attached hydrogen (secondary N) is 1. The van der Waals surface area contributed by atoms with Crippen molar-refractivity contribution < 1.29 is 0 Å². The van der Waals surface area contributed by atoms with Crippen molar-refractivity contribution in [1.82, 2.24) is 15.2 Å². The van der Waals surface area contributed by atoms with Gasteiger partial charge in [0.25, 0.3) is 0 Å². The summed E-state index contributed by atoms with van der Waals surface area (Å²) < 4.78 is 0. The molecule has 4 heteroatoms. The van der Waals surface area contributed by atoms with Crippen LogP contribution in [0, 0.1) is 5.92 Å². The third-order valence-electron chi connectivity index (χ3n) is 4.09. The van der Waals surface area contributed by atoms with Crippen LogP contribution in [-0.4, -0.2) is 49.7 Å². The van der Waals surface area contributed by atoms with Crippen molar-refractivity contribution in [2.75, 3.05) is 38.6 Å². The molecule has 2 heterocycles. The summed E-state index contributed by atoms with van der Waals surface area (Å²) in [6.45, 7) is 8.75. The fraction of sp³-hybridized carbons (Fsp3) is 0.706. The fourth-order valence-electron chi connectivity index (χ4n) is 2.93. The molecule has 4 nitrogen and oxygen atoms in total. The SMILES string of the molecule is CC(C)NCc1ccnc(N2CCC(CN(C)C)CC2)c1. The third-order valence-corrected chi connectivity index (χ3v) is 4.09. The number of anilines is 1. The van der Waals surface area contributed by atoms with E-state index < -0.39 is 0 Å². The summed E-state index contributed by atoms with van der Waals surface area (Å²) >= 11 is 0. The van der Waals surface area contributed by atoms with E-state index in [2.05, 4.69) is 60.2 Å². The zero-order valence-electron chi connectivity index (χ0n) is 14.0. The topological polar surface area (TPSA) is 31.4 Å². The van der Waals surface area contributed by atoms with Crippen LogP contribution in [-0.2, 0) is 6.54 Å². The highest BCUT2D eigenvalue weighted by Gasteiger charge is 2.20. The number of rotatable bonds is 6. The molecular formula is C17H30N4. The zero-order chi connectivity index (χ0) is 15.2. The molecule has 0 aromatic carbocycles. The zero-order valence-corrected chi connectivity index (χ0v) is 14.0. The Balaban J connectivity index is 1.89. The van der Waals surface area contributed by atoms with Gasteiger partial charge in [0.05, 0.1) is 0 Å². The molecule has 0 aliphatic carbocycles. The fourth-order valence-corrected chi connectivity index (χ4v) is 2.93. The second kappa shape index (κ2) is 7.76. The van der Waals surface area contributed by atoms with Gasteiger partial charge in [0.1, 0.15) is 5.82 Å². The number of nitrogens with zero attached hydrogens (tertiary/aromatic N) is 3. The van der Waals surface area contributed by atoms with Crippen molar-refractivity contribution in [3.05, 3.63) is 23.9 Å². The van der Waals surface area contributed by atoms with E-state index >= 15 is 0 Å². The van der Waals surface area contributed by atoms with Crippen LogP contribution in [0.4, 0.5) is 5.82 Å². The average Bonchev–Trinajstić information content (AvgIpc) is 2.45. The first-order valence-corrected chi connectivity index (χ1v) is 8.12. The van der Waals surface area contributed by atoms with Crippen LogP contribution in [0.3, 0.4) is 0 Å². The lowest BCUT2D eigenvalue weighted by molar-refractivity contribution is 0.284. The highest BCUT2D eigenvalue weighted by atomic mass is 15.2. The van der Waals surface area contributed by atoms with Gasteiger partial charge in [0.15, 0.2) is 0 Å². The first-order chi connectivity index (χ1) is 10.0. The van der Waals surface area contributed by atoms with E-state index in [1.807, 2.05) is 6.20 Å². The van der Waals surface area contributed by atoms with E-state index in [9.17, 15) is 0 Å². The van der Waals surface area contributed by atoms with Crippen LogP contribution >= 0.6 is 0 Å². The van der Waals surface area contributed by atoms with Gasteiger partial charge in [-0.05, 0) is 50.6 Å². The second-order valence-corrected chi connectivity index (χ2v) is 6.75. The molecule has 0 atom stereocenters. The van der Waals surface area contributed by atoms with E-state index in [0.29, 0.717) is 6.04 Å². The third kappa shape index (κ3) is 5.29. The molecule has 0 saturated carbocycles. The van der Waals surface area contributed by atoms with E-state index in [4.69, 9.17) is 0 Å². The second-order valence-electron chi connectivity index (χ2n) is 6.75. The first-order valence-electron chi connectivity index (χ1n) is 8.12. The molecule has 2 rings (SSSR count). The number of hydrogen-bond donors (Lipinski definition) is 1. The first kappa shape index (κ1) is 16.2. The Bertz CT molecular complexity index is 423. The molecule has 118 valence electrons. The Morgan fingerprint density at radius 1 is 1.33 bits per heavy atom. The van der Waals surface area contributed by atoms with Gasteiger partial charge in [-0.1, -0.05) is 13.8 Å². The Morgan fingerprint density at radius 2 is 2.05 bits per heavy atom. The molecule has 1 aromatic heterocycles. The van der Waals surface area contributed by atoms with Crippen molar-refractivity contribution in [1.29, 1.82) is 0 Å². The van der Waals surface area contributed by atoms with E-state index in [0.717, 1.165) is 31.4 Å². The summed E-state index contributed by atoms with van der Waals surface area (Å²) in [5, 5.41) is 3.47. The largest absolute Gasteiger partial charge is 0.357 e. The van der Waals surface area contributed by atoms with Crippen LogP contribution < -0.4 is 10.2 Å². The highest BCUT2D eigenvalue weighted by molar-refractivity contribution is 5.41. The summed E-state index contributed by atoms with van der Waals surface area (Å²) in [5.41, 5.74) is 1.32. The summed E-state index contributed by atoms with van der Waals surface area (Å²) in [6, 6.07) is 4.86. The summed E-state index contributed by atoms with van der Waals surface area (Å²) in [7, 11) is 4.33. The molecule has 0 spiro atoms. The van der Waals surface area contributed by atoms with Gasteiger partial charge < -0.3 is 15.1 Å². The van der Waals surface area contributed by atoms with Gasteiger partial charge in [-0.15, -0.1) is 0 Å². The maximum Gasteiger partial charge on any atom is 0.128 e. The summed E-state index contributed by atoms with van der Waals surface area (Å²) in [6.07, 6.45) is 4.49. The monoisotopic (exact) mass is 290 g/mol. The van der Waals surface area contributed by atoms with Gasteiger partial charge in [-0.2, -0.15) is 0 Å². The number of piperidine rings is 1. The molecule has 0 amide bonds. The molecular weight excluding hydrogens is 260 g/mol. The lowest BCUT2D eigenvalue weighted by Gasteiger charge is -2.34. The number of pyridine rings is 1. The smallest absolute Gasteiger partial charge is 0.128 e. The highest BCUT2D eigenvalue weighted by Crippen LogP contribution is 2.22. The van der Waals surface area contributed by atoms with Gasteiger partial charge in [-0.25, -0.2) is 4.98 Å². The van der Waals surface area contributed by atoms with Crippen LogP contribution in [0.15, 0.2) is 18.3 Å². The van der Waals surface area contributed by atoms with Crippen molar-refractivity contribution in [3.8, 4) is 0 Å². The lowest BCUT2D eigenvalue weighted by Crippen LogP contribution is -2.37. The van der Waals surface area contributed by atoms with E-state index in [1.165, 1.54) is 24.9 Å². The molecule has 21 heavy (non-hydrogen) atoms. The van der Waals surface area contributed by atoms with E-state index in [1.54, 1.807) is 0 Å². The minimum atomic E-state index is 0.517. The van der Waals surface area contributed by atoms with Crippen LogP contribution in [0.2, 0.25) is 0 Å². The van der Waals surface area contributed by atoms with Crippen LogP contribution in [0.1, 0.15) is 32.3 Å². The number of aromatic nitrogens is 1. The molecule has 0 bridgehead atoms. The molecule has 1 aromatic rings. The Kier molecular flexibility index (Phi) is 6.00. The standard InChI is InChI=1S/C17H30N4/c1-14(2)19-12-16-5-8-18-17(11-16)21-9-6-15(7-10-21)13-20(3)4/h5,8,11,14-15,19H,6-7,9-10,12-13H2,1-4H3. The Hall–Kier alpha value is -1.13. The van der Waals surface area contributed by atoms with Gasteiger partial charge >= 0.3 is 0 Å². The normalized spacial score (nSPS) is 17.0. The molecule has 1 fully saturated rings. The van der Waals surface area contributed by atoms with Crippen molar-refractivity contribution in [2.24, 2.45) is 5.92 Å². The maximum absolute atomic E-state index is 4.56. The minimum absolute atomic E-state index is 0.517. The van der Waals surface area contributed by atoms with Crippen LogP contribution in [0.25, 0.3) is 0 Å². The van der Waals surface area contributed by atoms with Gasteiger partial charge in [-0.3, -0.25) is 0 Å². The molecule has 1 saturated heterocycles. The molecule has 1 aliphatic rings. The summed E-state index contributed by atoms with van der Waals surface area (Å²) in [4.78, 5) is 9.30. The molecule has 0 unspecified atom stereocenters. The quantitative estimate of drug-likeness (QED) is 0.871. The van der Waals surface area contributed by atoms with Gasteiger partial charge in [0.2, 0.25) is 0 Å². The minimum Gasteiger partial charge on any atom is -0.357 e. The Morgan fingerprint density at radius 3 is 2.67 bits per heavy atom. The molecule has 1 aliphatic heterocycles. The predicted octanol–water partition coefficient (Wildman–Crippen LogP) is 2.36. The molecule has 1 N–H and O–H groups in total. The van der Waals surface area contributed by atoms with Crippen molar-refractivity contribution >= 4 is 5.82 Å². The predicted molar refractivity (Wildman–Crippen MR) is 89.7 cm³/mol. The summed E-state index contributed by atoms with van der Waals surface area (Å²) in [5.74, 6) is 1.98. The average molecular weight is 290 g/mol. The van der Waals surface area contributed by atoms with Crippen molar-refractivity contribution in [2.45, 2.75) is 39.3 Å². The lowest BCUT2D eigenvalue weighted by atomic mass is 9.96. The maximum atomic E-state index is 4.56. The molecule has 0 radical (unpaired) electrons. The van der Waals surface area contributed by atoms with Crippen LogP contribution in [0.5, 0.6) is 0 Å². The Labute approximate surface area is 129 Å².